The second-order valence-electron chi connectivity index (χ2n) is 4.32. The molecule has 0 aliphatic carbocycles. The predicted molar refractivity (Wildman–Crippen MR) is 70.9 cm³/mol. The van der Waals surface area contributed by atoms with E-state index in [1.807, 2.05) is 6.07 Å². The zero-order valence-corrected chi connectivity index (χ0v) is 11.6. The van der Waals surface area contributed by atoms with Crippen LogP contribution in [0.3, 0.4) is 0 Å². The van der Waals surface area contributed by atoms with E-state index in [1.165, 1.54) is 0 Å². The Kier molecular flexibility index (Phi) is 4.82. The van der Waals surface area contributed by atoms with Gasteiger partial charge in [-0.2, -0.15) is 0 Å². The number of rotatable bonds is 4. The normalized spacial score (nSPS) is 21.1. The van der Waals surface area contributed by atoms with Crippen molar-refractivity contribution in [3.05, 3.63) is 22.2 Å². The summed E-state index contributed by atoms with van der Waals surface area (Å²) in [5.41, 5.74) is 0.935. The van der Waals surface area contributed by atoms with Gasteiger partial charge in [-0.25, -0.2) is 4.98 Å². The third kappa shape index (κ3) is 3.35. The van der Waals surface area contributed by atoms with E-state index in [0.29, 0.717) is 11.2 Å². The van der Waals surface area contributed by atoms with Gasteiger partial charge in [0.05, 0.1) is 13.2 Å². The van der Waals surface area contributed by atoms with Crippen LogP contribution in [0.15, 0.2) is 6.07 Å². The Morgan fingerprint density at radius 2 is 2.50 bits per heavy atom. The van der Waals surface area contributed by atoms with Gasteiger partial charge in [-0.1, -0.05) is 19.1 Å². The van der Waals surface area contributed by atoms with Gasteiger partial charge in [0.2, 0.25) is 0 Å². The lowest BCUT2D eigenvalue weighted by Gasteiger charge is -2.31. The van der Waals surface area contributed by atoms with Crippen molar-refractivity contribution < 1.29 is 9.47 Å². The summed E-state index contributed by atoms with van der Waals surface area (Å²) in [4.78, 5) is 9.95. The van der Waals surface area contributed by atoms with E-state index in [0.717, 1.165) is 37.8 Å². The van der Waals surface area contributed by atoms with Gasteiger partial charge >= 0.3 is 0 Å². The number of morpholine rings is 1. The Morgan fingerprint density at radius 1 is 1.67 bits per heavy atom. The summed E-state index contributed by atoms with van der Waals surface area (Å²) in [6.45, 7) is 6.24. The molecule has 2 heterocycles. The quantitative estimate of drug-likeness (QED) is 0.843. The molecule has 1 N–H and O–H groups in total. The molecule has 0 amide bonds. The number of methoxy groups -OCH3 is 1. The Morgan fingerprint density at radius 3 is 3.22 bits per heavy atom. The lowest BCUT2D eigenvalue weighted by Crippen LogP contribution is -2.38. The van der Waals surface area contributed by atoms with E-state index < -0.39 is 0 Å². The molecule has 1 saturated heterocycles. The molecule has 1 aliphatic heterocycles. The average molecular weight is 269 g/mol. The van der Waals surface area contributed by atoms with Crippen molar-refractivity contribution in [2.24, 2.45) is 0 Å². The van der Waals surface area contributed by atoms with Crippen molar-refractivity contribution >= 4 is 12.2 Å². The molecule has 0 saturated carbocycles. The molecule has 18 heavy (non-hydrogen) atoms. The summed E-state index contributed by atoms with van der Waals surface area (Å²) in [7, 11) is 1.66. The third-order valence-corrected chi connectivity index (χ3v) is 3.23. The fraction of sp³-hybridized carbons (Fsp3) is 0.667. The summed E-state index contributed by atoms with van der Waals surface area (Å²) < 4.78 is 11.4. The van der Waals surface area contributed by atoms with Crippen LogP contribution in [0.25, 0.3) is 0 Å². The molecule has 6 heteroatoms. The topological polar surface area (TPSA) is 50.4 Å². The van der Waals surface area contributed by atoms with Gasteiger partial charge in [-0.15, -0.1) is 0 Å². The first-order chi connectivity index (χ1) is 8.72. The van der Waals surface area contributed by atoms with E-state index in [1.54, 1.807) is 7.11 Å². The second-order valence-corrected chi connectivity index (χ2v) is 4.73. The molecule has 0 aromatic carbocycles. The largest absolute Gasteiger partial charge is 0.378 e. The molecule has 5 nitrogen and oxygen atoms in total. The number of nitrogens with zero attached hydrogens (tertiary/aromatic N) is 2. The second kappa shape index (κ2) is 6.38. The van der Waals surface area contributed by atoms with Crippen molar-refractivity contribution in [2.75, 3.05) is 33.4 Å². The molecular weight excluding hydrogens is 250 g/mol. The monoisotopic (exact) mass is 269 g/mol. The van der Waals surface area contributed by atoms with Gasteiger partial charge < -0.3 is 14.5 Å². The minimum absolute atomic E-state index is 0.0304. The number of ether oxygens (including phenoxy) is 2. The van der Waals surface area contributed by atoms with E-state index in [4.69, 9.17) is 21.7 Å². The smallest absolute Gasteiger partial charge is 0.138 e. The van der Waals surface area contributed by atoms with Crippen LogP contribution in [-0.4, -0.2) is 48.2 Å². The van der Waals surface area contributed by atoms with E-state index in [9.17, 15) is 0 Å². The Balaban J connectivity index is 2.18. The molecule has 1 atom stereocenters. The lowest BCUT2D eigenvalue weighted by molar-refractivity contribution is -0.0328. The average Bonchev–Trinajstić information content (AvgIpc) is 2.38. The number of aromatic amines is 1. The highest BCUT2D eigenvalue weighted by atomic mass is 32.1. The van der Waals surface area contributed by atoms with Crippen molar-refractivity contribution in [1.29, 1.82) is 0 Å². The van der Waals surface area contributed by atoms with E-state index in [-0.39, 0.29) is 6.10 Å². The van der Waals surface area contributed by atoms with E-state index >= 15 is 0 Å². The summed E-state index contributed by atoms with van der Waals surface area (Å²) in [5, 5.41) is 0. The van der Waals surface area contributed by atoms with Gasteiger partial charge in [0.1, 0.15) is 16.6 Å². The molecule has 1 aromatic heterocycles. The van der Waals surface area contributed by atoms with Crippen LogP contribution < -0.4 is 0 Å². The van der Waals surface area contributed by atoms with Crippen LogP contribution >= 0.6 is 12.2 Å². The number of hydrogen-bond acceptors (Lipinski definition) is 5. The Hall–Kier alpha value is -0.820. The maximum Gasteiger partial charge on any atom is 0.138 e. The minimum atomic E-state index is -0.0304. The molecule has 0 spiro atoms. The number of hydrogen-bond donors (Lipinski definition) is 1. The molecule has 1 aliphatic rings. The van der Waals surface area contributed by atoms with Gasteiger partial charge in [-0.05, 0) is 12.6 Å². The molecule has 100 valence electrons. The molecule has 0 bridgehead atoms. The zero-order valence-electron chi connectivity index (χ0n) is 10.8. The number of H-pyrrole nitrogens is 1. The number of aromatic nitrogens is 2. The lowest BCUT2D eigenvalue weighted by atomic mass is 10.2. The number of nitrogens with one attached hydrogen (secondary N) is 1. The summed E-state index contributed by atoms with van der Waals surface area (Å²) in [6.07, 6.45) is -0.0304. The van der Waals surface area contributed by atoms with E-state index in [2.05, 4.69) is 21.8 Å². The molecule has 1 fully saturated rings. The van der Waals surface area contributed by atoms with Crippen LogP contribution in [0.4, 0.5) is 0 Å². The van der Waals surface area contributed by atoms with Crippen molar-refractivity contribution in [3.8, 4) is 0 Å². The molecule has 0 radical (unpaired) electrons. The highest BCUT2D eigenvalue weighted by molar-refractivity contribution is 7.71. The maximum absolute atomic E-state index is 5.76. The van der Waals surface area contributed by atoms with Gasteiger partial charge in [-0.3, -0.25) is 4.90 Å². The van der Waals surface area contributed by atoms with Gasteiger partial charge in [0, 0.05) is 25.9 Å². The number of likely N-dealkylation sites (N-methyl/N-ethyl adjacent to an activating group) is 1. The Bertz CT molecular complexity index is 449. The highest BCUT2D eigenvalue weighted by Gasteiger charge is 2.22. The van der Waals surface area contributed by atoms with Gasteiger partial charge in [0.15, 0.2) is 0 Å². The van der Waals surface area contributed by atoms with Crippen molar-refractivity contribution in [3.63, 3.8) is 0 Å². The maximum atomic E-state index is 5.76. The van der Waals surface area contributed by atoms with Crippen LogP contribution in [0.1, 0.15) is 24.5 Å². The van der Waals surface area contributed by atoms with Crippen LogP contribution in [-0.2, 0) is 16.1 Å². The fourth-order valence-corrected chi connectivity index (χ4v) is 2.31. The Labute approximate surface area is 112 Å². The minimum Gasteiger partial charge on any atom is -0.378 e. The first kappa shape index (κ1) is 13.6. The van der Waals surface area contributed by atoms with Crippen molar-refractivity contribution in [2.45, 2.75) is 19.6 Å². The molecule has 1 aromatic rings. The van der Waals surface area contributed by atoms with Crippen LogP contribution in [0, 0.1) is 4.64 Å². The van der Waals surface area contributed by atoms with Gasteiger partial charge in [0.25, 0.3) is 0 Å². The standard InChI is InChI=1S/C12H19N3O2S/c1-3-15-4-5-17-10(7-15)12-13-9(8-16-2)6-11(18)14-12/h6,10H,3-5,7-8H2,1-2H3,(H,13,14,18). The summed E-state index contributed by atoms with van der Waals surface area (Å²) in [5.74, 6) is 0.799. The first-order valence-electron chi connectivity index (χ1n) is 6.16. The van der Waals surface area contributed by atoms with Crippen molar-refractivity contribution in [1.82, 2.24) is 14.9 Å². The predicted octanol–water partition coefficient (Wildman–Crippen LogP) is 1.68. The molecule has 2 rings (SSSR count). The summed E-state index contributed by atoms with van der Waals surface area (Å²) in [6, 6.07) is 1.82. The summed E-state index contributed by atoms with van der Waals surface area (Å²) >= 11 is 5.17. The molecular formula is C12H19N3O2S. The van der Waals surface area contributed by atoms with Crippen LogP contribution in [0.2, 0.25) is 0 Å². The first-order valence-corrected chi connectivity index (χ1v) is 6.56. The third-order valence-electron chi connectivity index (χ3n) is 3.02. The SMILES string of the molecule is CCN1CCOC(c2nc(=S)cc(COC)[nH]2)C1. The fourth-order valence-electron chi connectivity index (χ4n) is 2.07. The highest BCUT2D eigenvalue weighted by Crippen LogP contribution is 2.19. The zero-order chi connectivity index (χ0) is 13.0. The molecule has 1 unspecified atom stereocenters. The van der Waals surface area contributed by atoms with Crippen LogP contribution in [0.5, 0.6) is 0 Å².